The quantitative estimate of drug-likeness (QED) is 0.793. The average molecular weight is 383 g/mol. The summed E-state index contributed by atoms with van der Waals surface area (Å²) in [7, 11) is -1.37. The van der Waals surface area contributed by atoms with Crippen LogP contribution in [0.25, 0.3) is 0 Å². The van der Waals surface area contributed by atoms with Crippen LogP contribution in [-0.4, -0.2) is 33.5 Å². The number of nitrogens with zero attached hydrogens (tertiary/aromatic N) is 1. The molecule has 8 heteroatoms. The van der Waals surface area contributed by atoms with Gasteiger partial charge in [-0.1, -0.05) is 6.07 Å². The molecule has 2 aromatic rings. The van der Waals surface area contributed by atoms with Crippen molar-refractivity contribution in [2.24, 2.45) is 0 Å². The zero-order valence-electron chi connectivity index (χ0n) is 14.4. The summed E-state index contributed by atoms with van der Waals surface area (Å²) in [5.74, 6) is -1.17. The molecule has 1 heterocycles. The molecular formula is C18H19F2NO4S. The minimum atomic E-state index is -4.35. The normalized spacial score (nSPS) is 18.1. The summed E-state index contributed by atoms with van der Waals surface area (Å²) in [6.45, 7) is 0.168. The monoisotopic (exact) mass is 383 g/mol. The molecule has 0 aromatic heterocycles. The van der Waals surface area contributed by atoms with E-state index in [-0.39, 0.29) is 6.54 Å². The van der Waals surface area contributed by atoms with Crippen molar-refractivity contribution in [2.45, 2.75) is 23.8 Å². The molecule has 1 atom stereocenters. The zero-order chi connectivity index (χ0) is 18.9. The van der Waals surface area contributed by atoms with Crippen LogP contribution in [0.3, 0.4) is 0 Å². The maximum Gasteiger partial charge on any atom is 0.249 e. The van der Waals surface area contributed by atoms with Crippen molar-refractivity contribution >= 4 is 10.0 Å². The van der Waals surface area contributed by atoms with E-state index < -0.39 is 32.6 Å². The van der Waals surface area contributed by atoms with E-state index in [0.29, 0.717) is 29.9 Å². The summed E-state index contributed by atoms with van der Waals surface area (Å²) in [6, 6.07) is 7.49. The molecule has 0 N–H and O–H groups in total. The lowest BCUT2D eigenvalue weighted by Gasteiger charge is -2.26. The van der Waals surface area contributed by atoms with Gasteiger partial charge in [0.2, 0.25) is 10.0 Å². The SMILES string of the molecule is COc1ccc(OC)c([C@H]2CCCN2S(=O)(=O)c2c(F)cccc2F)c1. The summed E-state index contributed by atoms with van der Waals surface area (Å²) < 4.78 is 65.9. The molecule has 0 bridgehead atoms. The van der Waals surface area contributed by atoms with Crippen LogP contribution in [0.4, 0.5) is 8.78 Å². The molecule has 3 rings (SSSR count). The summed E-state index contributed by atoms with van der Waals surface area (Å²) in [4.78, 5) is -0.922. The van der Waals surface area contributed by atoms with Gasteiger partial charge in [0.25, 0.3) is 0 Å². The molecule has 5 nitrogen and oxygen atoms in total. The van der Waals surface area contributed by atoms with Gasteiger partial charge >= 0.3 is 0 Å². The molecule has 0 aliphatic carbocycles. The molecule has 0 unspecified atom stereocenters. The number of rotatable bonds is 5. The number of hydrogen-bond acceptors (Lipinski definition) is 4. The van der Waals surface area contributed by atoms with Crippen LogP contribution in [0.15, 0.2) is 41.3 Å². The fourth-order valence-electron chi connectivity index (χ4n) is 3.28. The van der Waals surface area contributed by atoms with Crippen molar-refractivity contribution in [3.05, 3.63) is 53.6 Å². The van der Waals surface area contributed by atoms with E-state index in [0.717, 1.165) is 22.5 Å². The molecule has 1 saturated heterocycles. The third-order valence-electron chi connectivity index (χ3n) is 4.49. The molecule has 0 saturated carbocycles. The highest BCUT2D eigenvalue weighted by molar-refractivity contribution is 7.89. The van der Waals surface area contributed by atoms with E-state index in [4.69, 9.17) is 9.47 Å². The number of sulfonamides is 1. The fraction of sp³-hybridized carbons (Fsp3) is 0.333. The lowest BCUT2D eigenvalue weighted by atomic mass is 10.0. The molecular weight excluding hydrogens is 364 g/mol. The largest absolute Gasteiger partial charge is 0.497 e. The highest BCUT2D eigenvalue weighted by Gasteiger charge is 2.40. The Morgan fingerprint density at radius 2 is 1.77 bits per heavy atom. The van der Waals surface area contributed by atoms with Crippen molar-refractivity contribution < 1.29 is 26.7 Å². The number of hydrogen-bond donors (Lipinski definition) is 0. The summed E-state index contributed by atoms with van der Waals surface area (Å²) in [5.41, 5.74) is 0.602. The first-order valence-corrected chi connectivity index (χ1v) is 9.52. The molecule has 1 fully saturated rings. The predicted molar refractivity (Wildman–Crippen MR) is 91.8 cm³/mol. The highest BCUT2D eigenvalue weighted by atomic mass is 32.2. The zero-order valence-corrected chi connectivity index (χ0v) is 15.2. The third kappa shape index (κ3) is 3.14. The number of benzene rings is 2. The second-order valence-electron chi connectivity index (χ2n) is 5.93. The Morgan fingerprint density at radius 1 is 1.08 bits per heavy atom. The number of halogens is 2. The van der Waals surface area contributed by atoms with Crippen molar-refractivity contribution in [3.63, 3.8) is 0 Å². The Morgan fingerprint density at radius 3 is 2.38 bits per heavy atom. The summed E-state index contributed by atoms with van der Waals surface area (Å²) in [5, 5.41) is 0. The van der Waals surface area contributed by atoms with Crippen LogP contribution in [0.1, 0.15) is 24.4 Å². The minimum absolute atomic E-state index is 0.168. The highest BCUT2D eigenvalue weighted by Crippen LogP contribution is 2.42. The van der Waals surface area contributed by atoms with Crippen LogP contribution in [0, 0.1) is 11.6 Å². The molecule has 2 aromatic carbocycles. The van der Waals surface area contributed by atoms with Gasteiger partial charge in [-0.25, -0.2) is 17.2 Å². The first kappa shape index (κ1) is 18.6. The third-order valence-corrected chi connectivity index (χ3v) is 6.45. The molecule has 0 amide bonds. The minimum Gasteiger partial charge on any atom is -0.497 e. The summed E-state index contributed by atoms with van der Waals surface area (Å²) >= 11 is 0. The van der Waals surface area contributed by atoms with Crippen molar-refractivity contribution in [1.82, 2.24) is 4.31 Å². The molecule has 0 spiro atoms. The lowest BCUT2D eigenvalue weighted by Crippen LogP contribution is -2.32. The lowest BCUT2D eigenvalue weighted by molar-refractivity contribution is 0.359. The van der Waals surface area contributed by atoms with Crippen molar-refractivity contribution in [3.8, 4) is 11.5 Å². The second-order valence-corrected chi connectivity index (χ2v) is 7.76. The Hall–Kier alpha value is -2.19. The number of ether oxygens (including phenoxy) is 2. The Balaban J connectivity index is 2.09. The predicted octanol–water partition coefficient (Wildman–Crippen LogP) is 3.51. The Labute approximate surface area is 151 Å². The molecule has 26 heavy (non-hydrogen) atoms. The Bertz CT molecular complexity index is 897. The molecule has 1 aliphatic rings. The van der Waals surface area contributed by atoms with Crippen molar-refractivity contribution in [1.29, 1.82) is 0 Å². The van der Waals surface area contributed by atoms with Crippen LogP contribution in [0.5, 0.6) is 11.5 Å². The fourth-order valence-corrected chi connectivity index (χ4v) is 5.07. The number of methoxy groups -OCH3 is 2. The van der Waals surface area contributed by atoms with E-state index in [1.165, 1.54) is 14.2 Å². The second kappa shape index (κ2) is 7.20. The maximum atomic E-state index is 14.1. The van der Waals surface area contributed by atoms with E-state index in [2.05, 4.69) is 0 Å². The summed E-state index contributed by atoms with van der Waals surface area (Å²) in [6.07, 6.45) is 1.08. The molecule has 0 radical (unpaired) electrons. The topological polar surface area (TPSA) is 55.8 Å². The van der Waals surface area contributed by atoms with E-state index in [1.807, 2.05) is 0 Å². The standard InChI is InChI=1S/C18H19F2NO4S/c1-24-12-8-9-17(25-2)13(11-12)16-7-4-10-21(16)26(22,23)18-14(19)5-3-6-15(18)20/h3,5-6,8-9,11,16H,4,7,10H2,1-2H3/t16-/m1/s1. The van der Waals surface area contributed by atoms with Gasteiger partial charge in [-0.2, -0.15) is 4.31 Å². The van der Waals surface area contributed by atoms with Crippen LogP contribution in [-0.2, 0) is 10.0 Å². The first-order chi connectivity index (χ1) is 12.4. The molecule has 1 aliphatic heterocycles. The van der Waals surface area contributed by atoms with Crippen LogP contribution in [0.2, 0.25) is 0 Å². The van der Waals surface area contributed by atoms with Gasteiger partial charge in [-0.15, -0.1) is 0 Å². The smallest absolute Gasteiger partial charge is 0.249 e. The van der Waals surface area contributed by atoms with Gasteiger partial charge in [-0.05, 0) is 43.2 Å². The van der Waals surface area contributed by atoms with Gasteiger partial charge in [0.15, 0.2) is 4.90 Å². The Kier molecular flexibility index (Phi) is 5.15. The van der Waals surface area contributed by atoms with Crippen LogP contribution >= 0.6 is 0 Å². The van der Waals surface area contributed by atoms with E-state index in [1.54, 1.807) is 18.2 Å². The van der Waals surface area contributed by atoms with Gasteiger partial charge in [0.1, 0.15) is 23.1 Å². The van der Waals surface area contributed by atoms with Gasteiger partial charge in [0.05, 0.1) is 20.3 Å². The molecule has 140 valence electrons. The van der Waals surface area contributed by atoms with Gasteiger partial charge < -0.3 is 9.47 Å². The van der Waals surface area contributed by atoms with E-state index >= 15 is 0 Å². The van der Waals surface area contributed by atoms with Crippen LogP contribution < -0.4 is 9.47 Å². The van der Waals surface area contributed by atoms with Gasteiger partial charge in [0, 0.05) is 12.1 Å². The van der Waals surface area contributed by atoms with E-state index in [9.17, 15) is 17.2 Å². The first-order valence-electron chi connectivity index (χ1n) is 8.08. The van der Waals surface area contributed by atoms with Gasteiger partial charge in [-0.3, -0.25) is 0 Å². The van der Waals surface area contributed by atoms with Crippen molar-refractivity contribution in [2.75, 3.05) is 20.8 Å². The average Bonchev–Trinajstić information content (AvgIpc) is 3.11. The maximum absolute atomic E-state index is 14.1.